The number of carbonyl (C=O) groups is 1. The van der Waals surface area contributed by atoms with Gasteiger partial charge in [-0.1, -0.05) is 6.42 Å². The zero-order chi connectivity index (χ0) is 15.1. The summed E-state index contributed by atoms with van der Waals surface area (Å²) in [6, 6.07) is 2.18. The number of methoxy groups -OCH3 is 1. The second-order valence-electron chi connectivity index (χ2n) is 5.41. The summed E-state index contributed by atoms with van der Waals surface area (Å²) in [5.41, 5.74) is -0.415. The Labute approximate surface area is 115 Å². The van der Waals surface area contributed by atoms with Gasteiger partial charge in [0.1, 0.15) is 0 Å². The van der Waals surface area contributed by atoms with E-state index in [1.807, 2.05) is 13.8 Å². The van der Waals surface area contributed by atoms with E-state index in [0.717, 1.165) is 0 Å². The maximum Gasteiger partial charge on any atom is 0.306 e. The maximum absolute atomic E-state index is 11.9. The lowest BCUT2D eigenvalue weighted by Crippen LogP contribution is -2.24. The van der Waals surface area contributed by atoms with Crippen LogP contribution in [-0.4, -0.2) is 32.5 Å². The van der Waals surface area contributed by atoms with Crippen LogP contribution in [0.1, 0.15) is 46.5 Å². The van der Waals surface area contributed by atoms with Gasteiger partial charge in [-0.15, -0.1) is 0 Å². The largest absolute Gasteiger partial charge is 0.469 e. The van der Waals surface area contributed by atoms with Crippen LogP contribution in [0.2, 0.25) is 0 Å². The molecule has 0 aliphatic carbocycles. The lowest BCUT2D eigenvalue weighted by Gasteiger charge is -2.15. The maximum atomic E-state index is 11.9. The fourth-order valence-corrected chi connectivity index (χ4v) is 2.97. The minimum atomic E-state index is -3.27. The molecular formula is C13H23NO4S. The zero-order valence-electron chi connectivity index (χ0n) is 12.1. The summed E-state index contributed by atoms with van der Waals surface area (Å²) in [6.07, 6.45) is 1.76. The number of esters is 1. The van der Waals surface area contributed by atoms with Crippen molar-refractivity contribution >= 4 is 15.8 Å². The lowest BCUT2D eigenvalue weighted by molar-refractivity contribution is -0.140. The molecule has 0 aromatic carbocycles. The van der Waals surface area contributed by atoms with E-state index >= 15 is 0 Å². The lowest BCUT2D eigenvalue weighted by atomic mass is 9.89. The number of unbranched alkanes of at least 4 members (excludes halogenated alkanes) is 1. The normalized spacial score (nSPS) is 13.6. The fourth-order valence-electron chi connectivity index (χ4n) is 1.57. The van der Waals surface area contributed by atoms with Crippen molar-refractivity contribution in [1.29, 1.82) is 5.26 Å². The Morgan fingerprint density at radius 3 is 2.42 bits per heavy atom. The molecule has 0 radical (unpaired) electrons. The van der Waals surface area contributed by atoms with Gasteiger partial charge in [-0.2, -0.15) is 5.26 Å². The molecule has 0 aliphatic rings. The van der Waals surface area contributed by atoms with Gasteiger partial charge in [0.2, 0.25) is 0 Å². The first kappa shape index (κ1) is 17.9. The van der Waals surface area contributed by atoms with Gasteiger partial charge in [0, 0.05) is 0 Å². The second-order valence-corrected chi connectivity index (χ2v) is 7.95. The van der Waals surface area contributed by atoms with Crippen molar-refractivity contribution in [2.75, 3.05) is 12.9 Å². The highest BCUT2D eigenvalue weighted by Crippen LogP contribution is 2.22. The van der Waals surface area contributed by atoms with Crippen LogP contribution < -0.4 is 0 Å². The SMILES string of the molecule is COC(=O)CC(C)S(=O)(=O)CCCCC(C)(C)C#N. The Morgan fingerprint density at radius 1 is 1.37 bits per heavy atom. The Balaban J connectivity index is 4.19. The Hall–Kier alpha value is -1.09. The highest BCUT2D eigenvalue weighted by molar-refractivity contribution is 7.92. The fraction of sp³-hybridized carbons (Fsp3) is 0.846. The number of rotatable bonds is 8. The van der Waals surface area contributed by atoms with Crippen molar-refractivity contribution in [3.63, 3.8) is 0 Å². The van der Waals surface area contributed by atoms with E-state index in [-0.39, 0.29) is 12.2 Å². The first-order valence-electron chi connectivity index (χ1n) is 6.34. The molecule has 0 saturated heterocycles. The second kappa shape index (κ2) is 7.49. The van der Waals surface area contributed by atoms with Gasteiger partial charge >= 0.3 is 5.97 Å². The highest BCUT2D eigenvalue weighted by atomic mass is 32.2. The summed E-state index contributed by atoms with van der Waals surface area (Å²) in [4.78, 5) is 11.0. The molecule has 19 heavy (non-hydrogen) atoms. The molecule has 6 heteroatoms. The highest BCUT2D eigenvalue weighted by Gasteiger charge is 2.24. The van der Waals surface area contributed by atoms with Gasteiger partial charge in [-0.25, -0.2) is 8.42 Å². The number of sulfone groups is 1. The third-order valence-electron chi connectivity index (χ3n) is 3.08. The van der Waals surface area contributed by atoms with Crippen LogP contribution >= 0.6 is 0 Å². The quantitative estimate of drug-likeness (QED) is 0.504. The summed E-state index contributed by atoms with van der Waals surface area (Å²) < 4.78 is 28.3. The summed E-state index contributed by atoms with van der Waals surface area (Å²) in [7, 11) is -2.03. The standard InChI is InChI=1S/C13H23NO4S/c1-11(9-12(15)18-4)19(16,17)8-6-5-7-13(2,3)10-14/h11H,5-9H2,1-4H3. The first-order valence-corrected chi connectivity index (χ1v) is 8.06. The summed E-state index contributed by atoms with van der Waals surface area (Å²) in [5, 5.41) is 8.13. The molecule has 0 N–H and O–H groups in total. The molecule has 0 aliphatic heterocycles. The molecule has 0 saturated carbocycles. The van der Waals surface area contributed by atoms with Gasteiger partial charge < -0.3 is 4.74 Å². The van der Waals surface area contributed by atoms with Gasteiger partial charge in [0.15, 0.2) is 9.84 Å². The number of carbonyl (C=O) groups excluding carboxylic acids is 1. The Morgan fingerprint density at radius 2 is 1.95 bits per heavy atom. The van der Waals surface area contributed by atoms with Crippen LogP contribution in [0.4, 0.5) is 0 Å². The van der Waals surface area contributed by atoms with E-state index in [9.17, 15) is 13.2 Å². The number of hydrogen-bond acceptors (Lipinski definition) is 5. The van der Waals surface area contributed by atoms with Crippen LogP contribution in [0.5, 0.6) is 0 Å². The van der Waals surface area contributed by atoms with Gasteiger partial charge in [-0.05, 0) is 33.6 Å². The van der Waals surface area contributed by atoms with E-state index < -0.39 is 26.5 Å². The van der Waals surface area contributed by atoms with Crippen molar-refractivity contribution in [2.24, 2.45) is 5.41 Å². The summed E-state index contributed by atoms with van der Waals surface area (Å²) in [6.45, 7) is 5.19. The number of ether oxygens (including phenoxy) is 1. The Kier molecular flexibility index (Phi) is 7.06. The van der Waals surface area contributed by atoms with E-state index in [1.165, 1.54) is 14.0 Å². The molecule has 110 valence electrons. The monoisotopic (exact) mass is 289 g/mol. The van der Waals surface area contributed by atoms with Gasteiger partial charge in [-0.3, -0.25) is 4.79 Å². The van der Waals surface area contributed by atoms with Gasteiger partial charge in [0.05, 0.1) is 36.0 Å². The minimum absolute atomic E-state index is 0.0483. The predicted molar refractivity (Wildman–Crippen MR) is 73.1 cm³/mol. The zero-order valence-corrected chi connectivity index (χ0v) is 12.9. The van der Waals surface area contributed by atoms with Crippen LogP contribution in [0.3, 0.4) is 0 Å². The van der Waals surface area contributed by atoms with Crippen molar-refractivity contribution in [3.05, 3.63) is 0 Å². The van der Waals surface area contributed by atoms with Crippen LogP contribution in [-0.2, 0) is 19.4 Å². The topological polar surface area (TPSA) is 84.2 Å². The molecule has 1 unspecified atom stereocenters. The molecule has 0 rings (SSSR count). The summed E-state index contributed by atoms with van der Waals surface area (Å²) >= 11 is 0. The van der Waals surface area contributed by atoms with E-state index in [1.54, 1.807) is 0 Å². The molecule has 0 amide bonds. The van der Waals surface area contributed by atoms with Crippen LogP contribution in [0.15, 0.2) is 0 Å². The van der Waals surface area contributed by atoms with Crippen molar-refractivity contribution in [3.8, 4) is 6.07 Å². The van der Waals surface area contributed by atoms with Crippen molar-refractivity contribution < 1.29 is 17.9 Å². The van der Waals surface area contributed by atoms with Gasteiger partial charge in [0.25, 0.3) is 0 Å². The average molecular weight is 289 g/mol. The molecule has 0 bridgehead atoms. The average Bonchev–Trinajstić information content (AvgIpc) is 2.34. The van der Waals surface area contributed by atoms with Crippen molar-refractivity contribution in [2.45, 2.75) is 51.7 Å². The number of nitrogens with zero attached hydrogens (tertiary/aromatic N) is 1. The summed E-state index contributed by atoms with van der Waals surface area (Å²) in [5.74, 6) is -0.464. The first-order chi connectivity index (χ1) is 8.64. The molecular weight excluding hydrogens is 266 g/mol. The van der Waals surface area contributed by atoms with Crippen LogP contribution in [0, 0.1) is 16.7 Å². The molecule has 1 atom stereocenters. The molecule has 0 aromatic heterocycles. The third kappa shape index (κ3) is 7.16. The molecule has 0 fully saturated rings. The third-order valence-corrected chi connectivity index (χ3v) is 5.33. The number of nitriles is 1. The molecule has 0 heterocycles. The Bertz CT molecular complexity index is 434. The van der Waals surface area contributed by atoms with E-state index in [0.29, 0.717) is 19.3 Å². The minimum Gasteiger partial charge on any atom is -0.469 e. The molecule has 0 aromatic rings. The number of hydrogen-bond donors (Lipinski definition) is 0. The van der Waals surface area contributed by atoms with Crippen molar-refractivity contribution in [1.82, 2.24) is 0 Å². The molecule has 0 spiro atoms. The predicted octanol–water partition coefficient (Wildman–Crippen LogP) is 2.07. The molecule has 5 nitrogen and oxygen atoms in total. The van der Waals surface area contributed by atoms with Crippen LogP contribution in [0.25, 0.3) is 0 Å². The van der Waals surface area contributed by atoms with E-state index in [2.05, 4.69) is 10.8 Å². The van der Waals surface area contributed by atoms with E-state index in [4.69, 9.17) is 5.26 Å². The smallest absolute Gasteiger partial charge is 0.306 e.